The van der Waals surface area contributed by atoms with E-state index >= 15 is 0 Å². The van der Waals surface area contributed by atoms with Gasteiger partial charge in [-0.2, -0.15) is 0 Å². The third-order valence-electron chi connectivity index (χ3n) is 4.16. The Hall–Kier alpha value is -0.730. The lowest BCUT2D eigenvalue weighted by molar-refractivity contribution is 0.418. The molecule has 106 valence electrons. The van der Waals surface area contributed by atoms with E-state index < -0.39 is 0 Å². The topological polar surface area (TPSA) is 29.3 Å². The minimum atomic E-state index is -0.00805. The minimum Gasteiger partial charge on any atom is -0.369 e. The van der Waals surface area contributed by atoms with Gasteiger partial charge in [0.15, 0.2) is 0 Å². The Balaban J connectivity index is 2.20. The molecule has 1 unspecified atom stereocenters. The van der Waals surface area contributed by atoms with Gasteiger partial charge in [0.1, 0.15) is 0 Å². The van der Waals surface area contributed by atoms with Crippen LogP contribution in [0.5, 0.6) is 0 Å². The molecule has 19 heavy (non-hydrogen) atoms. The van der Waals surface area contributed by atoms with Crippen LogP contribution in [0.2, 0.25) is 5.02 Å². The second kappa shape index (κ2) is 6.62. The van der Waals surface area contributed by atoms with Gasteiger partial charge < -0.3 is 10.6 Å². The van der Waals surface area contributed by atoms with E-state index in [1.807, 2.05) is 6.92 Å². The Kier molecular flexibility index (Phi) is 5.12. The van der Waals surface area contributed by atoms with Crippen molar-refractivity contribution in [1.29, 1.82) is 0 Å². The van der Waals surface area contributed by atoms with Gasteiger partial charge in [0.2, 0.25) is 0 Å². The van der Waals surface area contributed by atoms with Gasteiger partial charge >= 0.3 is 0 Å². The fourth-order valence-corrected chi connectivity index (χ4v) is 3.46. The molecule has 0 saturated heterocycles. The second-order valence-corrected chi connectivity index (χ2v) is 5.98. The van der Waals surface area contributed by atoms with Crippen molar-refractivity contribution >= 4 is 17.3 Å². The summed E-state index contributed by atoms with van der Waals surface area (Å²) in [6.07, 6.45) is 6.71. The highest BCUT2D eigenvalue weighted by molar-refractivity contribution is 6.31. The summed E-state index contributed by atoms with van der Waals surface area (Å²) in [6.45, 7) is 5.24. The highest BCUT2D eigenvalue weighted by Gasteiger charge is 2.20. The average Bonchev–Trinajstić information content (AvgIpc) is 2.40. The minimum absolute atomic E-state index is 0.00805. The summed E-state index contributed by atoms with van der Waals surface area (Å²) < 4.78 is 0. The summed E-state index contributed by atoms with van der Waals surface area (Å²) >= 11 is 6.36. The Labute approximate surface area is 121 Å². The van der Waals surface area contributed by atoms with Crippen LogP contribution in [0.3, 0.4) is 0 Å². The Morgan fingerprint density at radius 2 is 2.00 bits per heavy atom. The summed E-state index contributed by atoms with van der Waals surface area (Å²) in [7, 11) is 0. The maximum absolute atomic E-state index is 6.36. The van der Waals surface area contributed by atoms with Crippen molar-refractivity contribution < 1.29 is 0 Å². The van der Waals surface area contributed by atoms with Crippen molar-refractivity contribution in [3.05, 3.63) is 28.8 Å². The van der Waals surface area contributed by atoms with Crippen LogP contribution in [0.1, 0.15) is 57.6 Å². The number of benzene rings is 1. The van der Waals surface area contributed by atoms with E-state index in [0.29, 0.717) is 6.04 Å². The fourth-order valence-electron chi connectivity index (χ4n) is 3.11. The number of rotatable bonds is 4. The molecule has 1 saturated carbocycles. The highest BCUT2D eigenvalue weighted by atomic mass is 35.5. The molecular formula is C16H25ClN2. The molecule has 0 bridgehead atoms. The first-order valence-corrected chi connectivity index (χ1v) is 7.83. The maximum atomic E-state index is 6.36. The van der Waals surface area contributed by atoms with Gasteiger partial charge in [-0.25, -0.2) is 0 Å². The van der Waals surface area contributed by atoms with Gasteiger partial charge in [-0.1, -0.05) is 36.9 Å². The number of anilines is 1. The molecule has 1 atom stereocenters. The van der Waals surface area contributed by atoms with E-state index in [1.165, 1.54) is 37.8 Å². The van der Waals surface area contributed by atoms with Crippen LogP contribution in [0.25, 0.3) is 0 Å². The van der Waals surface area contributed by atoms with E-state index in [2.05, 4.69) is 30.0 Å². The van der Waals surface area contributed by atoms with E-state index in [1.54, 1.807) is 0 Å². The zero-order valence-electron chi connectivity index (χ0n) is 12.0. The summed E-state index contributed by atoms with van der Waals surface area (Å²) in [6, 6.07) is 7.00. The number of halogens is 1. The van der Waals surface area contributed by atoms with Crippen LogP contribution >= 0.6 is 11.6 Å². The first-order valence-electron chi connectivity index (χ1n) is 7.45. The summed E-state index contributed by atoms with van der Waals surface area (Å²) in [5.74, 6) is 0. The Morgan fingerprint density at radius 3 is 2.53 bits per heavy atom. The molecule has 0 amide bonds. The number of nitrogens with zero attached hydrogens (tertiary/aromatic N) is 1. The third-order valence-corrected chi connectivity index (χ3v) is 4.49. The van der Waals surface area contributed by atoms with Crippen LogP contribution in [0.4, 0.5) is 5.69 Å². The van der Waals surface area contributed by atoms with Gasteiger partial charge in [-0.15, -0.1) is 0 Å². The number of hydrogen-bond donors (Lipinski definition) is 1. The van der Waals surface area contributed by atoms with Gasteiger partial charge in [-0.05, 0) is 44.4 Å². The average molecular weight is 281 g/mol. The van der Waals surface area contributed by atoms with Gasteiger partial charge in [-0.3, -0.25) is 0 Å². The predicted octanol–water partition coefficient (Wildman–Crippen LogP) is 4.52. The van der Waals surface area contributed by atoms with Gasteiger partial charge in [0.05, 0.1) is 0 Å². The van der Waals surface area contributed by atoms with Crippen molar-refractivity contribution in [3.63, 3.8) is 0 Å². The molecule has 0 spiro atoms. The quantitative estimate of drug-likeness (QED) is 0.879. The van der Waals surface area contributed by atoms with E-state index in [4.69, 9.17) is 17.3 Å². The lowest BCUT2D eigenvalue weighted by atomic mass is 9.93. The molecule has 1 aliphatic rings. The maximum Gasteiger partial charge on any atom is 0.0474 e. The van der Waals surface area contributed by atoms with Crippen LogP contribution in [0, 0.1) is 0 Å². The lowest BCUT2D eigenvalue weighted by Gasteiger charge is -2.35. The van der Waals surface area contributed by atoms with Gasteiger partial charge in [0.25, 0.3) is 0 Å². The molecule has 0 heterocycles. The monoisotopic (exact) mass is 280 g/mol. The second-order valence-electron chi connectivity index (χ2n) is 5.57. The van der Waals surface area contributed by atoms with Crippen molar-refractivity contribution in [2.45, 2.75) is 58.0 Å². The molecule has 1 aromatic carbocycles. The molecule has 3 heteroatoms. The predicted molar refractivity (Wildman–Crippen MR) is 83.9 cm³/mol. The normalized spacial score (nSPS) is 18.3. The molecule has 1 aliphatic carbocycles. The largest absolute Gasteiger partial charge is 0.369 e. The lowest BCUT2D eigenvalue weighted by Crippen LogP contribution is -2.36. The first-order chi connectivity index (χ1) is 9.13. The van der Waals surface area contributed by atoms with Crippen LogP contribution < -0.4 is 10.6 Å². The Bertz CT molecular complexity index is 411. The van der Waals surface area contributed by atoms with E-state index in [-0.39, 0.29) is 6.04 Å². The molecule has 2 N–H and O–H groups in total. The summed E-state index contributed by atoms with van der Waals surface area (Å²) in [5.41, 5.74) is 8.19. The molecule has 0 aliphatic heterocycles. The van der Waals surface area contributed by atoms with E-state index in [9.17, 15) is 0 Å². The molecule has 1 aromatic rings. The van der Waals surface area contributed by atoms with Gasteiger partial charge in [0, 0.05) is 29.3 Å². The first kappa shape index (κ1) is 14.7. The molecule has 0 aromatic heterocycles. The van der Waals surface area contributed by atoms with Crippen LogP contribution in [0.15, 0.2) is 18.2 Å². The van der Waals surface area contributed by atoms with Crippen LogP contribution in [-0.4, -0.2) is 12.6 Å². The summed E-state index contributed by atoms with van der Waals surface area (Å²) in [5, 5.41) is 0.793. The highest BCUT2D eigenvalue weighted by Crippen LogP contribution is 2.31. The third kappa shape index (κ3) is 3.43. The van der Waals surface area contributed by atoms with Crippen molar-refractivity contribution in [2.24, 2.45) is 5.73 Å². The number of nitrogens with two attached hydrogens (primary N) is 1. The summed E-state index contributed by atoms with van der Waals surface area (Å²) in [4.78, 5) is 2.50. The molecule has 2 nitrogen and oxygen atoms in total. The number of hydrogen-bond acceptors (Lipinski definition) is 2. The molecular weight excluding hydrogens is 256 g/mol. The fraction of sp³-hybridized carbons (Fsp3) is 0.625. The standard InChI is InChI=1S/C16H25ClN2/c1-3-19(13-7-5-4-6-8-13)14-9-10-15(12(2)18)16(17)11-14/h9-13H,3-8,18H2,1-2H3. The zero-order valence-corrected chi connectivity index (χ0v) is 12.8. The SMILES string of the molecule is CCN(c1ccc(C(C)N)c(Cl)c1)C1CCCCC1. The molecule has 1 fully saturated rings. The van der Waals surface area contributed by atoms with Crippen molar-refractivity contribution in [3.8, 4) is 0 Å². The van der Waals surface area contributed by atoms with E-state index in [0.717, 1.165) is 17.1 Å². The Morgan fingerprint density at radius 1 is 1.32 bits per heavy atom. The van der Waals surface area contributed by atoms with Crippen LogP contribution in [-0.2, 0) is 0 Å². The molecule has 0 radical (unpaired) electrons. The van der Waals surface area contributed by atoms with Crippen molar-refractivity contribution in [2.75, 3.05) is 11.4 Å². The smallest absolute Gasteiger partial charge is 0.0474 e. The van der Waals surface area contributed by atoms with Crippen molar-refractivity contribution in [1.82, 2.24) is 0 Å². The zero-order chi connectivity index (χ0) is 13.8. The molecule has 2 rings (SSSR count).